The average Bonchev–Trinajstić information content (AvgIpc) is 3.52. The van der Waals surface area contributed by atoms with E-state index >= 15 is 0 Å². The number of amides is 1. The van der Waals surface area contributed by atoms with Gasteiger partial charge in [0.05, 0.1) is 11.2 Å². The topological polar surface area (TPSA) is 112 Å². The SMILES string of the molecule is O=CNNc1nccc2nc(-c3ccc(CN4CCC(c5ncn[nH]5)CC4)cc3)c(-c3ccccc3)cc12. The van der Waals surface area contributed by atoms with Gasteiger partial charge in [0.15, 0.2) is 5.82 Å². The third kappa shape index (κ3) is 4.96. The molecule has 0 atom stereocenters. The highest BCUT2D eigenvalue weighted by atomic mass is 16.1. The third-order valence-corrected chi connectivity index (χ3v) is 7.12. The lowest BCUT2D eigenvalue weighted by Crippen LogP contribution is -2.32. The number of hydrazine groups is 1. The van der Waals surface area contributed by atoms with Crippen molar-refractivity contribution in [3.63, 3.8) is 0 Å². The Bertz CT molecular complexity index is 1510. The summed E-state index contributed by atoms with van der Waals surface area (Å²) in [5, 5.41) is 7.85. The number of nitrogens with zero attached hydrogens (tertiary/aromatic N) is 5. The fourth-order valence-corrected chi connectivity index (χ4v) is 5.15. The molecule has 9 heteroatoms. The molecular weight excluding hydrogens is 476 g/mol. The molecule has 0 spiro atoms. The molecule has 190 valence electrons. The Hall–Kier alpha value is -4.63. The molecule has 9 nitrogen and oxygen atoms in total. The predicted molar refractivity (Wildman–Crippen MR) is 147 cm³/mol. The molecule has 1 saturated heterocycles. The number of aromatic nitrogens is 5. The summed E-state index contributed by atoms with van der Waals surface area (Å²) in [5.74, 6) is 2.02. The van der Waals surface area contributed by atoms with Gasteiger partial charge in [-0.05, 0) is 49.2 Å². The number of carbonyl (C=O) groups is 1. The smallest absolute Gasteiger partial charge is 0.225 e. The highest BCUT2D eigenvalue weighted by Gasteiger charge is 2.22. The maximum absolute atomic E-state index is 10.8. The number of rotatable bonds is 8. The van der Waals surface area contributed by atoms with Crippen LogP contribution < -0.4 is 10.9 Å². The number of hydrogen-bond acceptors (Lipinski definition) is 7. The van der Waals surface area contributed by atoms with Gasteiger partial charge in [-0.2, -0.15) is 5.10 Å². The molecule has 0 aliphatic carbocycles. The number of aromatic amines is 1. The Morgan fingerprint density at radius 2 is 1.79 bits per heavy atom. The maximum Gasteiger partial charge on any atom is 0.225 e. The van der Waals surface area contributed by atoms with E-state index < -0.39 is 0 Å². The van der Waals surface area contributed by atoms with Crippen LogP contribution in [0.25, 0.3) is 33.3 Å². The van der Waals surface area contributed by atoms with Crippen LogP contribution >= 0.6 is 0 Å². The normalized spacial score (nSPS) is 14.4. The first-order chi connectivity index (χ1) is 18.8. The lowest BCUT2D eigenvalue weighted by molar-refractivity contribution is -0.109. The molecule has 5 aromatic rings. The van der Waals surface area contributed by atoms with Crippen LogP contribution in [0.4, 0.5) is 5.82 Å². The predicted octanol–water partition coefficient (Wildman–Crippen LogP) is 4.53. The van der Waals surface area contributed by atoms with Gasteiger partial charge in [0.2, 0.25) is 6.41 Å². The summed E-state index contributed by atoms with van der Waals surface area (Å²) < 4.78 is 0. The van der Waals surface area contributed by atoms with Crippen LogP contribution in [0.2, 0.25) is 0 Å². The molecule has 1 aliphatic rings. The van der Waals surface area contributed by atoms with Crippen LogP contribution in [0.15, 0.2) is 79.3 Å². The molecule has 0 bridgehead atoms. The fourth-order valence-electron chi connectivity index (χ4n) is 5.15. The number of anilines is 1. The van der Waals surface area contributed by atoms with E-state index in [0.717, 1.165) is 71.6 Å². The number of likely N-dealkylation sites (tertiary alicyclic amines) is 1. The number of H-pyrrole nitrogens is 1. The molecule has 2 aromatic carbocycles. The van der Waals surface area contributed by atoms with Crippen LogP contribution in [0, 0.1) is 0 Å². The lowest BCUT2D eigenvalue weighted by atomic mass is 9.95. The molecule has 3 aromatic heterocycles. The van der Waals surface area contributed by atoms with Crippen LogP contribution in [-0.2, 0) is 11.3 Å². The molecule has 1 fully saturated rings. The quantitative estimate of drug-likeness (QED) is 0.210. The second-order valence-corrected chi connectivity index (χ2v) is 9.48. The summed E-state index contributed by atoms with van der Waals surface area (Å²) >= 11 is 0. The van der Waals surface area contributed by atoms with Crippen molar-refractivity contribution in [2.24, 2.45) is 0 Å². The molecule has 4 heterocycles. The molecule has 6 rings (SSSR count). The number of nitrogens with one attached hydrogen (secondary N) is 3. The number of carbonyl (C=O) groups excluding carboxylic acids is 1. The minimum Gasteiger partial charge on any atom is -0.299 e. The first-order valence-corrected chi connectivity index (χ1v) is 12.8. The van der Waals surface area contributed by atoms with E-state index in [1.54, 1.807) is 12.5 Å². The van der Waals surface area contributed by atoms with Gasteiger partial charge in [0.1, 0.15) is 12.2 Å². The van der Waals surface area contributed by atoms with Gasteiger partial charge in [-0.3, -0.25) is 25.6 Å². The minimum atomic E-state index is 0.464. The van der Waals surface area contributed by atoms with Crippen molar-refractivity contribution in [1.82, 2.24) is 35.5 Å². The summed E-state index contributed by atoms with van der Waals surface area (Å²) in [7, 11) is 0. The zero-order valence-corrected chi connectivity index (χ0v) is 20.8. The summed E-state index contributed by atoms with van der Waals surface area (Å²) in [6.45, 7) is 3.01. The summed E-state index contributed by atoms with van der Waals surface area (Å²) in [6, 6.07) is 22.9. The molecule has 0 radical (unpaired) electrons. The van der Waals surface area contributed by atoms with Crippen molar-refractivity contribution in [3.8, 4) is 22.4 Å². The minimum absolute atomic E-state index is 0.464. The Labute approximate surface area is 220 Å². The van der Waals surface area contributed by atoms with Crippen LogP contribution in [0.3, 0.4) is 0 Å². The number of hydrogen-bond donors (Lipinski definition) is 3. The van der Waals surface area contributed by atoms with Crippen LogP contribution in [-0.4, -0.2) is 49.5 Å². The van der Waals surface area contributed by atoms with Crippen molar-refractivity contribution < 1.29 is 4.79 Å². The average molecular weight is 505 g/mol. The van der Waals surface area contributed by atoms with Gasteiger partial charge in [-0.15, -0.1) is 0 Å². The van der Waals surface area contributed by atoms with Crippen molar-refractivity contribution in [3.05, 3.63) is 90.6 Å². The molecule has 1 amide bonds. The zero-order valence-electron chi connectivity index (χ0n) is 20.8. The maximum atomic E-state index is 10.8. The Morgan fingerprint density at radius 1 is 0.974 bits per heavy atom. The third-order valence-electron chi connectivity index (χ3n) is 7.12. The first kappa shape index (κ1) is 23.7. The van der Waals surface area contributed by atoms with E-state index in [0.29, 0.717) is 18.1 Å². The highest BCUT2D eigenvalue weighted by Crippen LogP contribution is 2.35. The van der Waals surface area contributed by atoms with E-state index in [4.69, 9.17) is 4.98 Å². The molecule has 1 aliphatic heterocycles. The van der Waals surface area contributed by atoms with E-state index in [2.05, 4.69) is 78.4 Å². The van der Waals surface area contributed by atoms with E-state index in [9.17, 15) is 4.79 Å². The lowest BCUT2D eigenvalue weighted by Gasteiger charge is -2.30. The summed E-state index contributed by atoms with van der Waals surface area (Å²) in [4.78, 5) is 27.1. The number of benzene rings is 2. The second kappa shape index (κ2) is 10.8. The number of pyridine rings is 2. The number of fused-ring (bicyclic) bond motifs is 1. The summed E-state index contributed by atoms with van der Waals surface area (Å²) in [5.41, 5.74) is 11.4. The second-order valence-electron chi connectivity index (χ2n) is 9.48. The van der Waals surface area contributed by atoms with Crippen molar-refractivity contribution in [2.75, 3.05) is 18.5 Å². The fraction of sp³-hybridized carbons (Fsp3) is 0.207. The van der Waals surface area contributed by atoms with Gasteiger partial charge < -0.3 is 0 Å². The standard InChI is InChI=1S/C29H28N8O/c38-19-33-36-29-25-16-24(21-4-2-1-3-5-21)27(34-26(25)10-13-30-29)22-8-6-20(7-9-22)17-37-14-11-23(12-15-37)28-31-18-32-35-28/h1-10,13,16,18-19,23H,11-12,14-15,17H2,(H,30,36)(H,33,38)(H,31,32,35). The van der Waals surface area contributed by atoms with Gasteiger partial charge in [0, 0.05) is 35.2 Å². The Morgan fingerprint density at radius 3 is 2.53 bits per heavy atom. The van der Waals surface area contributed by atoms with Crippen molar-refractivity contribution in [1.29, 1.82) is 0 Å². The Balaban J connectivity index is 1.27. The number of piperidine rings is 1. The first-order valence-electron chi connectivity index (χ1n) is 12.8. The molecule has 3 N–H and O–H groups in total. The van der Waals surface area contributed by atoms with Gasteiger partial charge in [0.25, 0.3) is 0 Å². The molecule has 38 heavy (non-hydrogen) atoms. The van der Waals surface area contributed by atoms with E-state index in [1.807, 2.05) is 24.3 Å². The van der Waals surface area contributed by atoms with Gasteiger partial charge >= 0.3 is 0 Å². The van der Waals surface area contributed by atoms with Crippen LogP contribution in [0.5, 0.6) is 0 Å². The van der Waals surface area contributed by atoms with Crippen LogP contribution in [0.1, 0.15) is 30.1 Å². The molecular formula is C29H28N8O. The van der Waals surface area contributed by atoms with E-state index in [-0.39, 0.29) is 0 Å². The monoisotopic (exact) mass is 504 g/mol. The largest absolute Gasteiger partial charge is 0.299 e. The Kier molecular flexibility index (Phi) is 6.73. The van der Waals surface area contributed by atoms with E-state index in [1.165, 1.54) is 5.56 Å². The zero-order chi connectivity index (χ0) is 25.7. The molecule has 0 unspecified atom stereocenters. The van der Waals surface area contributed by atoms with Crippen molar-refractivity contribution in [2.45, 2.75) is 25.3 Å². The summed E-state index contributed by atoms with van der Waals surface area (Å²) in [6.07, 6.45) is 6.03. The van der Waals surface area contributed by atoms with Crippen molar-refractivity contribution >= 4 is 23.1 Å². The highest BCUT2D eigenvalue weighted by molar-refractivity contribution is 5.96. The van der Waals surface area contributed by atoms with Gasteiger partial charge in [-0.25, -0.2) is 15.0 Å². The molecule has 0 saturated carbocycles. The van der Waals surface area contributed by atoms with Gasteiger partial charge in [-0.1, -0.05) is 54.6 Å².